The Balaban J connectivity index is 1.23. The molecule has 5 aromatic rings. The third-order valence-electron chi connectivity index (χ3n) is 8.70. The summed E-state index contributed by atoms with van der Waals surface area (Å²) < 4.78 is 19.0. The zero-order valence-corrected chi connectivity index (χ0v) is 29.1. The van der Waals surface area contributed by atoms with Crippen LogP contribution in [0.1, 0.15) is 25.3 Å². The lowest BCUT2D eigenvalue weighted by molar-refractivity contribution is -0.140. The summed E-state index contributed by atoms with van der Waals surface area (Å²) in [6.45, 7) is 0.919. The summed E-state index contributed by atoms with van der Waals surface area (Å²) in [5.74, 6) is -0.604. The molecule has 1 aliphatic rings. The van der Waals surface area contributed by atoms with E-state index in [9.17, 15) is 19.5 Å². The lowest BCUT2D eigenvalue weighted by Gasteiger charge is -2.16. The molecule has 14 heteroatoms. The minimum absolute atomic E-state index is 0.0471. The first-order chi connectivity index (χ1) is 25.2. The van der Waals surface area contributed by atoms with Gasteiger partial charge < -0.3 is 25.2 Å². The van der Waals surface area contributed by atoms with Crippen LogP contribution in [0.4, 0.5) is 0 Å². The van der Waals surface area contributed by atoms with Crippen LogP contribution in [-0.2, 0) is 27.4 Å². The van der Waals surface area contributed by atoms with Crippen LogP contribution in [0.2, 0.25) is 10.0 Å². The summed E-state index contributed by atoms with van der Waals surface area (Å²) in [4.78, 5) is 45.5. The van der Waals surface area contributed by atoms with Crippen molar-refractivity contribution in [3.8, 4) is 39.4 Å². The third kappa shape index (κ3) is 7.90. The molecule has 12 nitrogen and oxygen atoms in total. The molecule has 1 amide bonds. The molecule has 2 atom stereocenters. The Morgan fingerprint density at radius 2 is 1.80 bits per heavy atom. The van der Waals surface area contributed by atoms with Crippen molar-refractivity contribution < 1.29 is 25.5 Å². The van der Waals surface area contributed by atoms with Crippen LogP contribution in [0.15, 0.2) is 77.9 Å². The van der Waals surface area contributed by atoms with E-state index in [1.807, 2.05) is 48.5 Å². The maximum absolute atomic E-state index is 13.2. The number of carboxylic acid groups (broad SMARTS) is 1. The first-order valence-electron chi connectivity index (χ1n) is 16.8. The van der Waals surface area contributed by atoms with Gasteiger partial charge in [-0.1, -0.05) is 65.7 Å². The Morgan fingerprint density at radius 3 is 2.51 bits per heavy atom. The zero-order valence-electron chi connectivity index (χ0n) is 28.6. The van der Waals surface area contributed by atoms with Gasteiger partial charge in [-0.05, 0) is 30.2 Å². The van der Waals surface area contributed by atoms with Crippen molar-refractivity contribution in [3.63, 3.8) is 0 Å². The highest BCUT2D eigenvalue weighted by Crippen LogP contribution is 2.42. The normalized spacial score (nSPS) is 15.1. The molecule has 0 unspecified atom stereocenters. The van der Waals surface area contributed by atoms with Crippen molar-refractivity contribution >= 4 is 40.7 Å². The predicted molar refractivity (Wildman–Crippen MR) is 195 cm³/mol. The quantitative estimate of drug-likeness (QED) is 0.123. The number of carbonyl (C=O) groups is 2. The van der Waals surface area contributed by atoms with Gasteiger partial charge in [0.2, 0.25) is 11.8 Å². The number of carbonyl (C=O) groups excluding carboxylic acids is 1. The number of benzene rings is 2. The van der Waals surface area contributed by atoms with Gasteiger partial charge in [-0.25, -0.2) is 9.97 Å². The fourth-order valence-electron chi connectivity index (χ4n) is 6.01. The first-order valence-corrected chi connectivity index (χ1v) is 16.9. The summed E-state index contributed by atoms with van der Waals surface area (Å²) in [5, 5.41) is 19.4. The molecule has 4 N–H and O–H groups in total. The number of rotatable bonds is 14. The number of ether oxygens (including phenoxy) is 2. The van der Waals surface area contributed by atoms with Crippen molar-refractivity contribution in [2.75, 3.05) is 27.3 Å². The number of halogens is 2. The minimum atomic E-state index is -1.15. The zero-order chi connectivity index (χ0) is 36.8. The van der Waals surface area contributed by atoms with Gasteiger partial charge in [-0.15, -0.1) is 0 Å². The van der Waals surface area contributed by atoms with Crippen molar-refractivity contribution in [2.24, 2.45) is 0 Å². The molecule has 0 saturated carbocycles. The SMILES string of the molecule is [2H]COC[C@H](NCc1cnc2cc(-c3cccc(-c4cccc(-c5ccc(CNC[C@H]6CCC(=O)N6)c(OC)n5)c4Cl)c3Cl)ccn2c1=O)C(=O)O. The molecule has 2 aromatic carbocycles. The topological polar surface area (TPSA) is 156 Å². The second kappa shape index (κ2) is 16.0. The van der Waals surface area contributed by atoms with Gasteiger partial charge >= 0.3 is 5.97 Å². The number of pyridine rings is 2. The highest BCUT2D eigenvalue weighted by atomic mass is 35.5. The second-order valence-corrected chi connectivity index (χ2v) is 12.8. The number of nitrogens with zero attached hydrogens (tertiary/aromatic N) is 3. The first kappa shape index (κ1) is 34.6. The second-order valence-electron chi connectivity index (χ2n) is 12.0. The van der Waals surface area contributed by atoms with Crippen LogP contribution in [0, 0.1) is 0 Å². The van der Waals surface area contributed by atoms with Crippen LogP contribution in [-0.4, -0.2) is 70.8 Å². The van der Waals surface area contributed by atoms with Crippen LogP contribution in [0.3, 0.4) is 0 Å². The predicted octanol–water partition coefficient (Wildman–Crippen LogP) is 4.96. The van der Waals surface area contributed by atoms with Crippen molar-refractivity contribution in [1.29, 1.82) is 0 Å². The smallest absolute Gasteiger partial charge is 0.323 e. The molecule has 0 aliphatic carbocycles. The fourth-order valence-corrected chi connectivity index (χ4v) is 6.67. The number of methoxy groups -OCH3 is 2. The number of aromatic nitrogens is 3. The fraction of sp³-hybridized carbons (Fsp3) is 0.270. The summed E-state index contributed by atoms with van der Waals surface area (Å²) in [6.07, 6.45) is 4.37. The molecule has 1 fully saturated rings. The van der Waals surface area contributed by atoms with Crippen LogP contribution in [0.25, 0.3) is 39.2 Å². The van der Waals surface area contributed by atoms with Crippen molar-refractivity contribution in [2.45, 2.75) is 38.0 Å². The summed E-state index contributed by atoms with van der Waals surface area (Å²) >= 11 is 14.1. The molecule has 0 bridgehead atoms. The Bertz CT molecular complexity index is 2180. The van der Waals surface area contributed by atoms with Gasteiger partial charge in [-0.2, -0.15) is 0 Å². The van der Waals surface area contributed by atoms with E-state index in [0.29, 0.717) is 69.0 Å². The number of hydrogen-bond donors (Lipinski definition) is 4. The molecule has 0 spiro atoms. The number of nitrogens with one attached hydrogen (secondary N) is 3. The van der Waals surface area contributed by atoms with Crippen molar-refractivity contribution in [1.82, 2.24) is 30.3 Å². The summed E-state index contributed by atoms with van der Waals surface area (Å²) in [7, 11) is 1.20. The minimum Gasteiger partial charge on any atom is -0.481 e. The average Bonchev–Trinajstić information content (AvgIpc) is 3.57. The third-order valence-corrected chi connectivity index (χ3v) is 9.51. The number of aliphatic carboxylic acids is 1. The maximum atomic E-state index is 13.2. The number of fused-ring (bicyclic) bond motifs is 1. The highest BCUT2D eigenvalue weighted by Gasteiger charge is 2.21. The van der Waals surface area contributed by atoms with E-state index in [1.54, 1.807) is 25.4 Å². The summed E-state index contributed by atoms with van der Waals surface area (Å²) in [6, 6.07) is 17.7. The molecule has 3 aromatic heterocycles. The van der Waals surface area contributed by atoms with E-state index in [-0.39, 0.29) is 43.3 Å². The van der Waals surface area contributed by atoms with Gasteiger partial charge in [0.25, 0.3) is 5.56 Å². The Kier molecular flexibility index (Phi) is 10.9. The highest BCUT2D eigenvalue weighted by molar-refractivity contribution is 6.39. The van der Waals surface area contributed by atoms with Crippen molar-refractivity contribution in [3.05, 3.63) is 105 Å². The number of hydrogen-bond acceptors (Lipinski definition) is 9. The van der Waals surface area contributed by atoms with Crippen LogP contribution in [0.5, 0.6) is 5.88 Å². The Labute approximate surface area is 305 Å². The van der Waals surface area contributed by atoms with Gasteiger partial charge in [0.05, 0.1) is 36.4 Å². The van der Waals surface area contributed by atoms with Gasteiger partial charge in [0, 0.05) is 79.4 Å². The number of carboxylic acids is 1. The molecular formula is C37H36Cl2N6O6. The van der Waals surface area contributed by atoms with E-state index in [1.165, 1.54) is 10.6 Å². The van der Waals surface area contributed by atoms with Gasteiger partial charge in [0.1, 0.15) is 11.7 Å². The van der Waals surface area contributed by atoms with E-state index in [2.05, 4.69) is 20.9 Å². The molecule has 0 radical (unpaired) electrons. The van der Waals surface area contributed by atoms with Crippen LogP contribution < -0.4 is 26.2 Å². The molecule has 4 heterocycles. The molecule has 6 rings (SSSR count). The lowest BCUT2D eigenvalue weighted by Crippen LogP contribution is -2.41. The molecule has 1 saturated heterocycles. The number of amides is 1. The molecule has 264 valence electrons. The van der Waals surface area contributed by atoms with E-state index in [4.69, 9.17) is 39.0 Å². The Morgan fingerprint density at radius 1 is 1.06 bits per heavy atom. The molecule has 1 aliphatic heterocycles. The lowest BCUT2D eigenvalue weighted by atomic mass is 9.97. The molecule has 51 heavy (non-hydrogen) atoms. The summed E-state index contributed by atoms with van der Waals surface area (Å²) in [5.41, 5.74) is 5.33. The monoisotopic (exact) mass is 731 g/mol. The van der Waals surface area contributed by atoms with E-state index >= 15 is 0 Å². The Hall–Kier alpha value is -4.85. The van der Waals surface area contributed by atoms with Gasteiger partial charge in [0.15, 0.2) is 0 Å². The average molecular weight is 733 g/mol. The van der Waals surface area contributed by atoms with Gasteiger partial charge in [-0.3, -0.25) is 24.1 Å². The molecular weight excluding hydrogens is 695 g/mol. The largest absolute Gasteiger partial charge is 0.481 e. The maximum Gasteiger partial charge on any atom is 0.323 e. The standard InChI is InChI=1S/C37H36Cl2N6O6/c1-50-20-30(37(48)49)41-17-23-18-42-31-15-21(13-14-45(31)36(23)47)25-5-3-6-26(33(25)38)27-7-4-8-28(34(27)39)29-11-9-22(35(44-29)51-2)16-40-19-24-10-12-32(46)43-24/h3-9,11,13-15,18,24,30,40-41H,10,12,16-17,19-20H2,1-2H3,(H,43,46)(H,48,49)/t24-,30+/m1/s1/i1D. The van der Waals surface area contributed by atoms with E-state index < -0.39 is 12.0 Å². The van der Waals surface area contributed by atoms with Crippen LogP contribution >= 0.6 is 23.2 Å². The van der Waals surface area contributed by atoms with E-state index in [0.717, 1.165) is 17.5 Å².